The predicted molar refractivity (Wildman–Crippen MR) is 231 cm³/mol. The summed E-state index contributed by atoms with van der Waals surface area (Å²) in [7, 11) is 0. The fourth-order valence-corrected chi connectivity index (χ4v) is 8.63. The van der Waals surface area contributed by atoms with Gasteiger partial charge in [-0.15, -0.1) is 0 Å². The zero-order valence-electron chi connectivity index (χ0n) is 29.9. The van der Waals surface area contributed by atoms with E-state index in [1.54, 1.807) is 0 Å². The molecule has 0 aliphatic rings. The zero-order valence-corrected chi connectivity index (χ0v) is 29.9. The minimum absolute atomic E-state index is 0.888. The van der Waals surface area contributed by atoms with E-state index in [1.165, 1.54) is 38.2 Å². The van der Waals surface area contributed by atoms with E-state index in [1.807, 2.05) is 6.07 Å². The van der Waals surface area contributed by atoms with Gasteiger partial charge in [0, 0.05) is 43.7 Å². The molecule has 0 spiro atoms. The van der Waals surface area contributed by atoms with Crippen LogP contribution in [0.15, 0.2) is 211 Å². The van der Waals surface area contributed by atoms with E-state index in [2.05, 4.69) is 210 Å². The molecular formula is C52H34N2O. The van der Waals surface area contributed by atoms with Crippen LogP contribution in [0.2, 0.25) is 0 Å². The molecular weight excluding hydrogens is 669 g/mol. The van der Waals surface area contributed by atoms with Crippen LogP contribution in [-0.2, 0) is 0 Å². The van der Waals surface area contributed by atoms with Crippen LogP contribution >= 0.6 is 0 Å². The summed E-state index contributed by atoms with van der Waals surface area (Å²) >= 11 is 0. The molecule has 0 N–H and O–H groups in total. The lowest BCUT2D eigenvalue weighted by Gasteiger charge is -2.30. The Balaban J connectivity index is 1.26. The van der Waals surface area contributed by atoms with Gasteiger partial charge >= 0.3 is 0 Å². The number of benzene rings is 9. The van der Waals surface area contributed by atoms with Crippen molar-refractivity contribution in [1.82, 2.24) is 4.57 Å². The van der Waals surface area contributed by atoms with Crippen LogP contribution in [0, 0.1) is 0 Å². The highest BCUT2D eigenvalue weighted by atomic mass is 16.3. The van der Waals surface area contributed by atoms with Gasteiger partial charge in [0.15, 0.2) is 0 Å². The maximum atomic E-state index is 6.68. The molecule has 3 heteroatoms. The van der Waals surface area contributed by atoms with Gasteiger partial charge in [0.05, 0.1) is 28.1 Å². The number of nitrogens with zero attached hydrogens (tertiary/aromatic N) is 2. The zero-order chi connectivity index (χ0) is 36.3. The van der Waals surface area contributed by atoms with Crippen molar-refractivity contribution in [3.63, 3.8) is 0 Å². The monoisotopic (exact) mass is 702 g/mol. The molecule has 3 nitrogen and oxygen atoms in total. The number of aromatic nitrogens is 1. The molecule has 0 atom stereocenters. The Morgan fingerprint density at radius 1 is 0.345 bits per heavy atom. The third kappa shape index (κ3) is 4.91. The van der Waals surface area contributed by atoms with E-state index < -0.39 is 0 Å². The van der Waals surface area contributed by atoms with E-state index in [0.717, 1.165) is 61.3 Å². The van der Waals surface area contributed by atoms with Gasteiger partial charge in [-0.05, 0) is 65.0 Å². The first-order valence-corrected chi connectivity index (χ1v) is 18.8. The van der Waals surface area contributed by atoms with Crippen molar-refractivity contribution in [2.75, 3.05) is 4.90 Å². The van der Waals surface area contributed by atoms with Gasteiger partial charge in [0.1, 0.15) is 11.2 Å². The summed E-state index contributed by atoms with van der Waals surface area (Å²) in [5.41, 5.74) is 13.0. The van der Waals surface area contributed by atoms with E-state index in [4.69, 9.17) is 4.42 Å². The Morgan fingerprint density at radius 3 is 1.80 bits per heavy atom. The molecule has 0 amide bonds. The molecule has 0 saturated heterocycles. The average molecular weight is 703 g/mol. The molecule has 2 aromatic heterocycles. The highest BCUT2D eigenvalue weighted by Crippen LogP contribution is 2.50. The van der Waals surface area contributed by atoms with E-state index >= 15 is 0 Å². The number of hydrogen-bond acceptors (Lipinski definition) is 2. The topological polar surface area (TPSA) is 21.3 Å². The first kappa shape index (κ1) is 31.2. The molecule has 11 rings (SSSR count). The Kier molecular flexibility index (Phi) is 7.17. The molecule has 2 heterocycles. The summed E-state index contributed by atoms with van der Waals surface area (Å²) in [6.07, 6.45) is 0. The SMILES string of the molecule is c1ccc(-c2ccc(N(c3ccccc3-c3cccc4c3oc3ccccc34)c3cccc4c3c3ccccc3n4-c3ccccc3)c3ccccc23)cc1. The number of para-hydroxylation sites is 5. The quantitative estimate of drug-likeness (QED) is 0.172. The first-order valence-electron chi connectivity index (χ1n) is 18.8. The minimum atomic E-state index is 0.888. The standard InChI is InChI=1S/C52H34N2O/c1-3-17-35(18-4-1)37-33-34-47(39-22-8-7-21-38(37)39)54(45-28-12-9-23-40(45)42-26-15-27-43-41-24-11-14-32-50(41)55-52(42)43)49-31-16-30-48-51(49)44-25-10-13-29-46(44)53(48)36-19-5-2-6-20-36/h1-34H. The van der Waals surface area contributed by atoms with Crippen molar-refractivity contribution in [1.29, 1.82) is 0 Å². The molecule has 0 aliphatic carbocycles. The van der Waals surface area contributed by atoms with Crippen LogP contribution in [0.3, 0.4) is 0 Å². The number of anilines is 3. The molecule has 11 aromatic rings. The Morgan fingerprint density at radius 2 is 0.945 bits per heavy atom. The van der Waals surface area contributed by atoms with Gasteiger partial charge in [0.25, 0.3) is 0 Å². The summed E-state index contributed by atoms with van der Waals surface area (Å²) in [6.45, 7) is 0. The molecule has 0 fully saturated rings. The second-order valence-electron chi connectivity index (χ2n) is 14.0. The van der Waals surface area contributed by atoms with Crippen molar-refractivity contribution >= 4 is 71.6 Å². The summed E-state index contributed by atoms with van der Waals surface area (Å²) in [6, 6.07) is 73.9. The molecule has 0 unspecified atom stereocenters. The predicted octanol–water partition coefficient (Wildman–Crippen LogP) is 14.6. The van der Waals surface area contributed by atoms with Crippen LogP contribution in [-0.4, -0.2) is 4.57 Å². The Bertz CT molecular complexity index is 3210. The summed E-state index contributed by atoms with van der Waals surface area (Å²) < 4.78 is 9.07. The lowest BCUT2D eigenvalue weighted by Crippen LogP contribution is -2.12. The van der Waals surface area contributed by atoms with Gasteiger partial charge in [-0.25, -0.2) is 0 Å². The minimum Gasteiger partial charge on any atom is -0.455 e. The third-order valence-corrected chi connectivity index (χ3v) is 11.0. The molecule has 0 radical (unpaired) electrons. The number of furan rings is 1. The summed E-state index contributed by atoms with van der Waals surface area (Å²) in [4.78, 5) is 2.48. The normalized spacial score (nSPS) is 11.6. The largest absolute Gasteiger partial charge is 0.455 e. The fourth-order valence-electron chi connectivity index (χ4n) is 8.63. The molecule has 9 aromatic carbocycles. The van der Waals surface area contributed by atoms with E-state index in [-0.39, 0.29) is 0 Å². The molecule has 55 heavy (non-hydrogen) atoms. The summed E-state index contributed by atoms with van der Waals surface area (Å²) in [5.74, 6) is 0. The molecule has 0 saturated carbocycles. The number of rotatable bonds is 6. The maximum Gasteiger partial charge on any atom is 0.143 e. The van der Waals surface area contributed by atoms with Crippen molar-refractivity contribution in [2.45, 2.75) is 0 Å². The van der Waals surface area contributed by atoms with Gasteiger partial charge in [-0.3, -0.25) is 0 Å². The lowest BCUT2D eigenvalue weighted by atomic mass is 9.95. The van der Waals surface area contributed by atoms with Crippen LogP contribution in [0.1, 0.15) is 0 Å². The van der Waals surface area contributed by atoms with Gasteiger partial charge < -0.3 is 13.9 Å². The van der Waals surface area contributed by atoms with Crippen LogP contribution in [0.5, 0.6) is 0 Å². The van der Waals surface area contributed by atoms with Crippen molar-refractivity contribution < 1.29 is 4.42 Å². The fraction of sp³-hybridized carbons (Fsp3) is 0. The number of hydrogen-bond donors (Lipinski definition) is 0. The first-order chi connectivity index (χ1) is 27.3. The van der Waals surface area contributed by atoms with Crippen LogP contribution < -0.4 is 4.90 Å². The van der Waals surface area contributed by atoms with E-state index in [0.29, 0.717) is 0 Å². The second-order valence-corrected chi connectivity index (χ2v) is 14.0. The number of fused-ring (bicyclic) bond motifs is 7. The highest BCUT2D eigenvalue weighted by molar-refractivity contribution is 6.19. The summed E-state index contributed by atoms with van der Waals surface area (Å²) in [5, 5.41) is 6.99. The van der Waals surface area contributed by atoms with Gasteiger partial charge in [-0.1, -0.05) is 158 Å². The van der Waals surface area contributed by atoms with Crippen LogP contribution in [0.25, 0.3) is 82.5 Å². The second kappa shape index (κ2) is 12.6. The third-order valence-electron chi connectivity index (χ3n) is 11.0. The van der Waals surface area contributed by atoms with Gasteiger partial charge in [0.2, 0.25) is 0 Å². The van der Waals surface area contributed by atoms with Crippen molar-refractivity contribution in [3.05, 3.63) is 206 Å². The average Bonchev–Trinajstić information content (AvgIpc) is 3.81. The molecule has 258 valence electrons. The highest BCUT2D eigenvalue weighted by Gasteiger charge is 2.26. The Labute approximate surface area is 318 Å². The van der Waals surface area contributed by atoms with E-state index in [9.17, 15) is 0 Å². The van der Waals surface area contributed by atoms with Crippen molar-refractivity contribution in [2.24, 2.45) is 0 Å². The van der Waals surface area contributed by atoms with Crippen LogP contribution in [0.4, 0.5) is 17.1 Å². The van der Waals surface area contributed by atoms with Crippen molar-refractivity contribution in [3.8, 4) is 27.9 Å². The van der Waals surface area contributed by atoms with Gasteiger partial charge in [-0.2, -0.15) is 0 Å². The maximum absolute atomic E-state index is 6.68. The molecule has 0 bridgehead atoms. The smallest absolute Gasteiger partial charge is 0.143 e. The molecule has 0 aliphatic heterocycles. The lowest BCUT2D eigenvalue weighted by molar-refractivity contribution is 0.670. The Hall–Kier alpha value is -7.36.